The van der Waals surface area contributed by atoms with Crippen molar-refractivity contribution < 1.29 is 19.4 Å². The van der Waals surface area contributed by atoms with Crippen molar-refractivity contribution in [3.8, 4) is 0 Å². The van der Waals surface area contributed by atoms with Crippen LogP contribution in [0, 0.1) is 6.92 Å². The number of rotatable bonds is 7. The summed E-state index contributed by atoms with van der Waals surface area (Å²) >= 11 is 0. The van der Waals surface area contributed by atoms with E-state index in [2.05, 4.69) is 5.32 Å². The summed E-state index contributed by atoms with van der Waals surface area (Å²) in [6.07, 6.45) is 0.0918. The van der Waals surface area contributed by atoms with Crippen molar-refractivity contribution in [2.45, 2.75) is 26.9 Å². The number of urea groups is 1. The molecule has 0 unspecified atom stereocenters. The second-order valence-electron chi connectivity index (χ2n) is 4.97. The maximum absolute atomic E-state index is 12.1. The van der Waals surface area contributed by atoms with E-state index in [1.165, 1.54) is 4.90 Å². The zero-order valence-corrected chi connectivity index (χ0v) is 12.6. The predicted molar refractivity (Wildman–Crippen MR) is 80.6 cm³/mol. The van der Waals surface area contributed by atoms with E-state index in [4.69, 9.17) is 9.84 Å². The van der Waals surface area contributed by atoms with Gasteiger partial charge in [0, 0.05) is 12.2 Å². The number of aliphatic carboxylic acids is 1. The highest BCUT2D eigenvalue weighted by Gasteiger charge is 2.18. The van der Waals surface area contributed by atoms with Gasteiger partial charge in [-0.25, -0.2) is 4.79 Å². The van der Waals surface area contributed by atoms with Crippen LogP contribution in [0.3, 0.4) is 0 Å². The Balaban J connectivity index is 2.66. The van der Waals surface area contributed by atoms with Crippen molar-refractivity contribution in [1.29, 1.82) is 0 Å². The number of aryl methyl sites for hydroxylation is 1. The van der Waals surface area contributed by atoms with Gasteiger partial charge in [0.15, 0.2) is 0 Å². The topological polar surface area (TPSA) is 78.9 Å². The Bertz CT molecular complexity index is 471. The molecule has 0 heterocycles. The van der Waals surface area contributed by atoms with Crippen molar-refractivity contribution >= 4 is 17.7 Å². The third kappa shape index (κ3) is 6.27. The third-order valence-corrected chi connectivity index (χ3v) is 2.71. The van der Waals surface area contributed by atoms with Crippen molar-refractivity contribution in [3.63, 3.8) is 0 Å². The molecule has 2 amide bonds. The van der Waals surface area contributed by atoms with Crippen LogP contribution in [0.5, 0.6) is 0 Å². The molecule has 0 saturated heterocycles. The molecule has 0 aliphatic heterocycles. The quantitative estimate of drug-likeness (QED) is 0.754. The fourth-order valence-corrected chi connectivity index (χ4v) is 1.69. The Morgan fingerprint density at radius 3 is 2.43 bits per heavy atom. The number of carboxylic acid groups (broad SMARTS) is 1. The van der Waals surface area contributed by atoms with Gasteiger partial charge in [0.1, 0.15) is 6.54 Å². The first-order valence-electron chi connectivity index (χ1n) is 6.85. The van der Waals surface area contributed by atoms with Crippen LogP contribution in [0.1, 0.15) is 19.4 Å². The Morgan fingerprint density at radius 2 is 1.90 bits per heavy atom. The van der Waals surface area contributed by atoms with Crippen LogP contribution in [-0.4, -0.2) is 42.9 Å². The van der Waals surface area contributed by atoms with Crippen LogP contribution < -0.4 is 10.2 Å². The minimum absolute atomic E-state index is 0.0918. The lowest BCUT2D eigenvalue weighted by atomic mass is 10.2. The first-order valence-corrected chi connectivity index (χ1v) is 6.85. The number of carbonyl (C=O) groups excluding carboxylic acids is 1. The lowest BCUT2D eigenvalue weighted by molar-refractivity contribution is -0.135. The van der Waals surface area contributed by atoms with Gasteiger partial charge in [-0.05, 0) is 32.9 Å². The Labute approximate surface area is 124 Å². The summed E-state index contributed by atoms with van der Waals surface area (Å²) in [5, 5.41) is 11.6. The van der Waals surface area contributed by atoms with Crippen LogP contribution in [0.2, 0.25) is 0 Å². The molecule has 2 N–H and O–H groups in total. The summed E-state index contributed by atoms with van der Waals surface area (Å²) in [4.78, 5) is 24.2. The Hall–Kier alpha value is -2.08. The molecule has 0 radical (unpaired) electrons. The van der Waals surface area contributed by atoms with Gasteiger partial charge in [0.25, 0.3) is 0 Å². The van der Waals surface area contributed by atoms with Gasteiger partial charge in [0.2, 0.25) is 0 Å². The molecule has 0 aliphatic rings. The predicted octanol–water partition coefficient (Wildman–Crippen LogP) is 2.02. The van der Waals surface area contributed by atoms with E-state index in [0.29, 0.717) is 18.8 Å². The van der Waals surface area contributed by atoms with Gasteiger partial charge < -0.3 is 15.2 Å². The maximum atomic E-state index is 12.1. The molecule has 1 aromatic rings. The fraction of sp³-hybridized carbons (Fsp3) is 0.467. The standard InChI is InChI=1S/C15H22N2O4/c1-11(2)21-9-8-16-15(20)17(10-14(18)19)13-6-4-12(3)5-7-13/h4-7,11H,8-10H2,1-3H3,(H,16,20)(H,18,19). The Kier molecular flexibility index (Phi) is 6.68. The van der Waals surface area contributed by atoms with Crippen LogP contribution >= 0.6 is 0 Å². The second-order valence-corrected chi connectivity index (χ2v) is 4.97. The number of nitrogens with zero attached hydrogens (tertiary/aromatic N) is 1. The number of anilines is 1. The molecule has 116 valence electrons. The number of ether oxygens (including phenoxy) is 1. The lowest BCUT2D eigenvalue weighted by Gasteiger charge is -2.21. The van der Waals surface area contributed by atoms with E-state index in [1.807, 2.05) is 32.9 Å². The monoisotopic (exact) mass is 294 g/mol. The van der Waals surface area contributed by atoms with Gasteiger partial charge in [0.05, 0.1) is 12.7 Å². The fourth-order valence-electron chi connectivity index (χ4n) is 1.69. The van der Waals surface area contributed by atoms with Crippen molar-refractivity contribution in [2.24, 2.45) is 0 Å². The van der Waals surface area contributed by atoms with Crippen LogP contribution in [0.25, 0.3) is 0 Å². The van der Waals surface area contributed by atoms with Gasteiger partial charge in [-0.1, -0.05) is 17.7 Å². The summed E-state index contributed by atoms with van der Waals surface area (Å²) in [6, 6.07) is 6.66. The van der Waals surface area contributed by atoms with Crippen molar-refractivity contribution in [3.05, 3.63) is 29.8 Å². The summed E-state index contributed by atoms with van der Waals surface area (Å²) in [5.41, 5.74) is 1.59. The molecule has 6 nitrogen and oxygen atoms in total. The molecule has 0 spiro atoms. The zero-order valence-electron chi connectivity index (χ0n) is 12.6. The number of nitrogens with one attached hydrogen (secondary N) is 1. The average molecular weight is 294 g/mol. The number of amides is 2. The van der Waals surface area contributed by atoms with Gasteiger partial charge in [-0.3, -0.25) is 9.69 Å². The SMILES string of the molecule is Cc1ccc(N(CC(=O)O)C(=O)NCCOC(C)C)cc1. The number of hydrogen-bond donors (Lipinski definition) is 2. The molecule has 0 aliphatic carbocycles. The van der Waals surface area contributed by atoms with Gasteiger partial charge >= 0.3 is 12.0 Å². The highest BCUT2D eigenvalue weighted by molar-refractivity contribution is 5.96. The maximum Gasteiger partial charge on any atom is 0.323 e. The molecule has 0 saturated carbocycles. The molecule has 6 heteroatoms. The first-order chi connectivity index (χ1) is 9.90. The summed E-state index contributed by atoms with van der Waals surface area (Å²) in [7, 11) is 0. The summed E-state index contributed by atoms with van der Waals surface area (Å²) < 4.78 is 5.32. The minimum atomic E-state index is -1.07. The number of benzene rings is 1. The zero-order chi connectivity index (χ0) is 15.8. The van der Waals surface area contributed by atoms with E-state index in [1.54, 1.807) is 12.1 Å². The highest BCUT2D eigenvalue weighted by atomic mass is 16.5. The summed E-state index contributed by atoms with van der Waals surface area (Å²) in [5.74, 6) is -1.07. The van der Waals surface area contributed by atoms with Crippen LogP contribution in [0.4, 0.5) is 10.5 Å². The second kappa shape index (κ2) is 8.26. The van der Waals surface area contributed by atoms with E-state index < -0.39 is 12.0 Å². The molecular formula is C15H22N2O4. The lowest BCUT2D eigenvalue weighted by Crippen LogP contribution is -2.44. The molecule has 0 atom stereocenters. The summed E-state index contributed by atoms with van der Waals surface area (Å²) in [6.45, 7) is 6.07. The molecule has 1 rings (SSSR count). The third-order valence-electron chi connectivity index (χ3n) is 2.71. The molecular weight excluding hydrogens is 272 g/mol. The smallest absolute Gasteiger partial charge is 0.323 e. The molecule has 0 aromatic heterocycles. The van der Waals surface area contributed by atoms with Crippen molar-refractivity contribution in [2.75, 3.05) is 24.6 Å². The van der Waals surface area contributed by atoms with E-state index >= 15 is 0 Å². The van der Waals surface area contributed by atoms with Gasteiger partial charge in [-0.2, -0.15) is 0 Å². The number of carbonyl (C=O) groups is 2. The van der Waals surface area contributed by atoms with Crippen LogP contribution in [-0.2, 0) is 9.53 Å². The molecule has 21 heavy (non-hydrogen) atoms. The first kappa shape index (κ1) is 17.0. The van der Waals surface area contributed by atoms with E-state index in [9.17, 15) is 9.59 Å². The Morgan fingerprint density at radius 1 is 1.29 bits per heavy atom. The van der Waals surface area contributed by atoms with Crippen molar-refractivity contribution in [1.82, 2.24) is 5.32 Å². The normalized spacial score (nSPS) is 10.5. The number of hydrogen-bond acceptors (Lipinski definition) is 3. The van der Waals surface area contributed by atoms with E-state index in [0.717, 1.165) is 5.56 Å². The van der Waals surface area contributed by atoms with Gasteiger partial charge in [-0.15, -0.1) is 0 Å². The largest absolute Gasteiger partial charge is 0.480 e. The number of carboxylic acids is 1. The molecule has 0 fully saturated rings. The average Bonchev–Trinajstić information content (AvgIpc) is 2.41. The molecule has 1 aromatic carbocycles. The van der Waals surface area contributed by atoms with E-state index in [-0.39, 0.29) is 12.6 Å². The minimum Gasteiger partial charge on any atom is -0.480 e. The molecule has 0 bridgehead atoms. The van der Waals surface area contributed by atoms with Crippen LogP contribution in [0.15, 0.2) is 24.3 Å². The highest BCUT2D eigenvalue weighted by Crippen LogP contribution is 2.15.